The Bertz CT molecular complexity index is 2400. The van der Waals surface area contributed by atoms with Crippen LogP contribution in [-0.2, 0) is 56.7 Å². The lowest BCUT2D eigenvalue weighted by Crippen LogP contribution is -2.63. The first kappa shape index (κ1) is 65.1. The van der Waals surface area contributed by atoms with Crippen molar-refractivity contribution < 1.29 is 0 Å². The molecule has 0 saturated heterocycles. The van der Waals surface area contributed by atoms with Gasteiger partial charge in [-0.15, -0.1) is 37.9 Å². The molecule has 0 unspecified atom stereocenters. The third-order valence-electron chi connectivity index (χ3n) is 17.1. The molecule has 0 saturated carbocycles. The van der Waals surface area contributed by atoms with Crippen LogP contribution >= 0.6 is 37.9 Å². The van der Waals surface area contributed by atoms with Crippen LogP contribution in [0.5, 0.6) is 0 Å². The van der Waals surface area contributed by atoms with E-state index in [2.05, 4.69) is 256 Å². The third kappa shape index (κ3) is 15.1. The molecule has 0 aromatic heterocycles. The van der Waals surface area contributed by atoms with Gasteiger partial charge in [-0.2, -0.15) is 0 Å². The van der Waals surface area contributed by atoms with Gasteiger partial charge in [-0.1, -0.05) is 266 Å². The molecule has 0 bridgehead atoms. The zero-order valence-corrected chi connectivity index (χ0v) is 56.6. The van der Waals surface area contributed by atoms with Crippen LogP contribution < -0.4 is 10.4 Å². The minimum atomic E-state index is -1.93. The maximum Gasteiger partial charge on any atom is 0.102 e. The van der Waals surface area contributed by atoms with Crippen LogP contribution in [0.4, 0.5) is 0 Å². The van der Waals surface area contributed by atoms with Gasteiger partial charge in [0.1, 0.15) is 8.07 Å². The fourth-order valence-corrected chi connectivity index (χ4v) is 33.9. The molecule has 0 N–H and O–H groups in total. The second kappa shape index (κ2) is 26.0. The number of hydrogen-bond donors (Lipinski definition) is 3. The highest BCUT2D eigenvalue weighted by Crippen LogP contribution is 2.63. The molecule has 0 radical (unpaired) electrons. The molecule has 0 aliphatic heterocycles. The van der Waals surface area contributed by atoms with Crippen molar-refractivity contribution in [1.29, 1.82) is 0 Å². The van der Waals surface area contributed by atoms with Crippen molar-refractivity contribution in [3.05, 3.63) is 147 Å². The lowest BCUT2D eigenvalue weighted by Gasteiger charge is -2.60. The molecule has 0 amide bonds. The summed E-state index contributed by atoms with van der Waals surface area (Å²) in [7, 11) is -5.12. The molecule has 5 aromatic rings. The van der Waals surface area contributed by atoms with Gasteiger partial charge in [-0.05, 0) is 132 Å². The Hall–Kier alpha value is -2.20. The normalized spacial score (nSPS) is 13.0. The van der Waals surface area contributed by atoms with E-state index in [4.69, 9.17) is 37.9 Å². The second-order valence-corrected chi connectivity index (χ2v) is 45.6. The highest BCUT2D eigenvalue weighted by molar-refractivity contribution is 7.80. The lowest BCUT2D eigenvalue weighted by atomic mass is 10.0. The van der Waals surface area contributed by atoms with Crippen molar-refractivity contribution in [3.63, 3.8) is 0 Å². The summed E-state index contributed by atoms with van der Waals surface area (Å²) in [4.78, 5) is 3.61. The van der Waals surface area contributed by atoms with Gasteiger partial charge in [0.2, 0.25) is 0 Å². The van der Waals surface area contributed by atoms with Gasteiger partial charge in [0, 0.05) is 14.7 Å². The standard InChI is InChI=1S/C25H38SSi.C23H42SSi.C19H26SSi/c1-9-20-16-19(17-21(10-2)23(20)26)18-27(24(3,4)5,25(6,7)8)22-14-12-11-13-15-22;1-12-18-14-17(15-19(13-2)20(18)24)16-25(21(3,4)5,22(6,7)8)23(9,10)11;1-5-16-12-15(13-17(6-2)19(16)20)14-21(3,4)18-10-8-7-9-11-18/h11-17,26H,9-10,18H2,1-8H3;14-15,24H,12-13,16H2,1-11H3;7-13,20H,5-6,14H2,1-4H3. The van der Waals surface area contributed by atoms with Crippen LogP contribution in [0.2, 0.25) is 38.3 Å². The summed E-state index contributed by atoms with van der Waals surface area (Å²) in [5.41, 5.74) is 12.9. The second-order valence-electron chi connectivity index (χ2n) is 27.1. The first-order chi connectivity index (χ1) is 33.6. The predicted molar refractivity (Wildman–Crippen MR) is 348 cm³/mol. The Labute approximate surface area is 471 Å². The van der Waals surface area contributed by atoms with Crippen LogP contribution in [0.1, 0.15) is 195 Å². The SMILES string of the molecule is CCc1cc(C[Si](C(C)(C)C)(C(C)(C)C)C(C)(C)C)cc(CC)c1S.CCc1cc(C[Si](C)(C)c2ccccc2)cc(CC)c1S.CCc1cc(C[Si](c2ccccc2)(C(C)(C)C)C(C)(C)C)cc(CC)c1S. The average Bonchev–Trinajstić information content (AvgIpc) is 3.30. The summed E-state index contributed by atoms with van der Waals surface area (Å²) in [5, 5.41) is 4.63. The minimum Gasteiger partial charge on any atom is -0.143 e. The van der Waals surface area contributed by atoms with E-state index in [0.717, 1.165) is 38.5 Å². The van der Waals surface area contributed by atoms with Crippen LogP contribution in [0.25, 0.3) is 0 Å². The van der Waals surface area contributed by atoms with Gasteiger partial charge >= 0.3 is 0 Å². The van der Waals surface area contributed by atoms with Crippen molar-refractivity contribution >= 4 is 72.5 Å². The van der Waals surface area contributed by atoms with Gasteiger partial charge in [0.05, 0.1) is 16.1 Å². The highest BCUT2D eigenvalue weighted by Gasteiger charge is 2.59. The van der Waals surface area contributed by atoms with E-state index in [1.165, 1.54) is 88.1 Å². The molecule has 0 fully saturated rings. The Morgan fingerprint density at radius 1 is 0.329 bits per heavy atom. The first-order valence-corrected chi connectivity index (χ1v) is 37.2. The van der Waals surface area contributed by atoms with Crippen molar-refractivity contribution in [1.82, 2.24) is 0 Å². The zero-order chi connectivity index (χ0) is 55.8. The first-order valence-electron chi connectivity index (χ1n) is 28.2. The Morgan fingerprint density at radius 2 is 0.575 bits per heavy atom. The molecular formula is C67H106S3Si3. The molecule has 73 heavy (non-hydrogen) atoms. The van der Waals surface area contributed by atoms with Gasteiger partial charge in [-0.3, -0.25) is 0 Å². The molecule has 0 nitrogen and oxygen atoms in total. The van der Waals surface area contributed by atoms with Gasteiger partial charge in [0.25, 0.3) is 0 Å². The number of benzene rings is 5. The van der Waals surface area contributed by atoms with Gasteiger partial charge < -0.3 is 0 Å². The van der Waals surface area contributed by atoms with Crippen LogP contribution in [0.3, 0.4) is 0 Å². The van der Waals surface area contributed by atoms with Crippen LogP contribution in [-0.4, -0.2) is 24.2 Å². The summed E-state index contributed by atoms with van der Waals surface area (Å²) >= 11 is 14.3. The molecule has 0 aliphatic carbocycles. The lowest BCUT2D eigenvalue weighted by molar-refractivity contribution is 0.525. The number of rotatable bonds is 14. The monoisotopic (exact) mass is 1090 g/mol. The topological polar surface area (TPSA) is 0 Å². The van der Waals surface area contributed by atoms with Gasteiger partial charge in [0.15, 0.2) is 0 Å². The third-order valence-corrected chi connectivity index (χ3v) is 38.0. The Morgan fingerprint density at radius 3 is 0.822 bits per heavy atom. The highest BCUT2D eigenvalue weighted by atomic mass is 32.1. The summed E-state index contributed by atoms with van der Waals surface area (Å²) in [5.74, 6) is 0. The average molecular weight is 1090 g/mol. The summed E-state index contributed by atoms with van der Waals surface area (Å²) < 4.78 is 0. The molecular weight excluding hydrogens is 985 g/mol. The van der Waals surface area contributed by atoms with Crippen LogP contribution in [0, 0.1) is 0 Å². The number of hydrogen-bond acceptors (Lipinski definition) is 3. The van der Waals surface area contributed by atoms with E-state index in [-0.39, 0.29) is 10.1 Å². The van der Waals surface area contributed by atoms with Crippen molar-refractivity contribution in [2.24, 2.45) is 0 Å². The van der Waals surface area contributed by atoms with E-state index < -0.39 is 24.2 Å². The van der Waals surface area contributed by atoms with Crippen molar-refractivity contribution in [3.8, 4) is 0 Å². The molecule has 0 spiro atoms. The maximum atomic E-state index is 4.83. The quantitative estimate of drug-likeness (QED) is 0.0716. The summed E-state index contributed by atoms with van der Waals surface area (Å²) in [6.07, 6.45) is 6.35. The van der Waals surface area contributed by atoms with E-state index in [0.29, 0.717) is 15.1 Å². The molecule has 5 rings (SSSR count). The zero-order valence-electron chi connectivity index (χ0n) is 50.9. The van der Waals surface area contributed by atoms with E-state index in [9.17, 15) is 0 Å². The fraction of sp³-hybridized carbons (Fsp3) is 0.552. The summed E-state index contributed by atoms with van der Waals surface area (Å²) in [6.45, 7) is 55.6. The Kier molecular flexibility index (Phi) is 23.2. The van der Waals surface area contributed by atoms with Gasteiger partial charge in [-0.25, -0.2) is 0 Å². The molecule has 404 valence electrons. The molecule has 6 heteroatoms. The molecule has 0 atom stereocenters. The molecule has 0 aliphatic rings. The Balaban J connectivity index is 0.000000291. The van der Waals surface area contributed by atoms with Crippen molar-refractivity contribution in [2.75, 3.05) is 0 Å². The number of aryl methyl sites for hydroxylation is 6. The largest absolute Gasteiger partial charge is 0.143 e. The summed E-state index contributed by atoms with van der Waals surface area (Å²) in [6, 6.07) is 40.5. The predicted octanol–water partition coefficient (Wildman–Crippen LogP) is 20.0. The number of thiol groups is 3. The van der Waals surface area contributed by atoms with E-state index in [1.54, 1.807) is 5.19 Å². The maximum absolute atomic E-state index is 4.83. The smallest absolute Gasteiger partial charge is 0.102 e. The van der Waals surface area contributed by atoms with Crippen LogP contribution in [0.15, 0.2) is 112 Å². The van der Waals surface area contributed by atoms with E-state index >= 15 is 0 Å². The molecule has 5 aromatic carbocycles. The fourth-order valence-electron chi connectivity index (χ4n) is 14.1. The molecule has 0 heterocycles. The van der Waals surface area contributed by atoms with E-state index in [1.807, 2.05) is 0 Å². The minimum absolute atomic E-state index is 0.255. The van der Waals surface area contributed by atoms with Crippen molar-refractivity contribution in [2.45, 2.75) is 255 Å².